The van der Waals surface area contributed by atoms with Gasteiger partial charge in [-0.3, -0.25) is 10.1 Å². The normalized spacial score (nSPS) is 9.31. The summed E-state index contributed by atoms with van der Waals surface area (Å²) in [4.78, 5) is 9.90. The van der Waals surface area contributed by atoms with Crippen molar-refractivity contribution in [2.45, 2.75) is 0 Å². The van der Waals surface area contributed by atoms with E-state index in [1.165, 1.54) is 12.1 Å². The van der Waals surface area contributed by atoms with Crippen molar-refractivity contribution in [3.8, 4) is 0 Å². The van der Waals surface area contributed by atoms with E-state index < -0.39 is 4.92 Å². The maximum Gasteiger partial charge on any atom is 0.270 e. The Hall–Kier alpha value is -1.91. The summed E-state index contributed by atoms with van der Waals surface area (Å²) < 4.78 is 0. The number of nitrogens with one attached hydrogen (secondary N) is 2. The van der Waals surface area contributed by atoms with Crippen LogP contribution < -0.4 is 5.32 Å². The van der Waals surface area contributed by atoms with Gasteiger partial charge in [-0.05, 0) is 6.07 Å². The van der Waals surface area contributed by atoms with Crippen molar-refractivity contribution in [3.63, 3.8) is 0 Å². The average Bonchev–Trinajstić information content (AvgIpc) is 2.16. The summed E-state index contributed by atoms with van der Waals surface area (Å²) in [5, 5.41) is 20.3. The number of hydrogen-bond donors (Lipinski definition) is 2. The van der Waals surface area contributed by atoms with Gasteiger partial charge in [0, 0.05) is 36.6 Å². The summed E-state index contributed by atoms with van der Waals surface area (Å²) >= 11 is 0. The van der Waals surface area contributed by atoms with Crippen LogP contribution in [0.4, 0.5) is 11.4 Å². The van der Waals surface area contributed by atoms with Gasteiger partial charge < -0.3 is 10.7 Å². The Bertz CT molecular complexity index is 349. The molecule has 0 fully saturated rings. The van der Waals surface area contributed by atoms with Gasteiger partial charge in [-0.25, -0.2) is 0 Å². The van der Waals surface area contributed by atoms with Gasteiger partial charge in [0.1, 0.15) is 0 Å². The number of benzene rings is 1. The standard InChI is InChI=1S/C8H9N3O2/c1-10-8-3-2-7(11(12)13)4-6(8)5-9/h2-5,9-10H,1H3. The van der Waals surface area contributed by atoms with Crippen molar-refractivity contribution >= 4 is 17.6 Å². The molecule has 0 unspecified atom stereocenters. The lowest BCUT2D eigenvalue weighted by Crippen LogP contribution is -1.96. The molecule has 0 amide bonds. The first kappa shape index (κ1) is 9.18. The number of hydrogen-bond acceptors (Lipinski definition) is 4. The lowest BCUT2D eigenvalue weighted by molar-refractivity contribution is -0.384. The molecular formula is C8H9N3O2. The van der Waals surface area contributed by atoms with Gasteiger partial charge in [-0.2, -0.15) is 0 Å². The van der Waals surface area contributed by atoms with Crippen LogP contribution in [0, 0.1) is 15.5 Å². The highest BCUT2D eigenvalue weighted by Crippen LogP contribution is 2.19. The topological polar surface area (TPSA) is 79.0 Å². The Kier molecular flexibility index (Phi) is 2.59. The first-order chi connectivity index (χ1) is 6.19. The Morgan fingerprint density at radius 2 is 2.31 bits per heavy atom. The molecule has 0 saturated carbocycles. The first-order valence-electron chi connectivity index (χ1n) is 3.65. The quantitative estimate of drug-likeness (QED) is 0.420. The van der Waals surface area contributed by atoms with E-state index in [9.17, 15) is 10.1 Å². The lowest BCUT2D eigenvalue weighted by Gasteiger charge is -2.03. The van der Waals surface area contributed by atoms with Gasteiger partial charge in [0.25, 0.3) is 5.69 Å². The van der Waals surface area contributed by atoms with Crippen LogP contribution in [0.15, 0.2) is 18.2 Å². The van der Waals surface area contributed by atoms with Crippen LogP contribution in [-0.2, 0) is 0 Å². The van der Waals surface area contributed by atoms with E-state index in [1.54, 1.807) is 13.1 Å². The molecule has 68 valence electrons. The smallest absolute Gasteiger partial charge is 0.270 e. The fourth-order valence-corrected chi connectivity index (χ4v) is 1.01. The molecular weight excluding hydrogens is 170 g/mol. The molecule has 0 atom stereocenters. The van der Waals surface area contributed by atoms with Crippen molar-refractivity contribution in [1.29, 1.82) is 5.41 Å². The van der Waals surface area contributed by atoms with Gasteiger partial charge >= 0.3 is 0 Å². The minimum absolute atomic E-state index is 0.00231. The maximum atomic E-state index is 10.4. The molecule has 0 bridgehead atoms. The summed E-state index contributed by atoms with van der Waals surface area (Å²) in [6, 6.07) is 4.34. The largest absolute Gasteiger partial charge is 0.388 e. The predicted octanol–water partition coefficient (Wildman–Crippen LogP) is 1.63. The fraction of sp³-hybridized carbons (Fsp3) is 0.125. The first-order valence-corrected chi connectivity index (χ1v) is 3.65. The molecule has 0 aliphatic heterocycles. The van der Waals surface area contributed by atoms with Crippen molar-refractivity contribution in [1.82, 2.24) is 0 Å². The molecule has 1 aromatic carbocycles. The summed E-state index contributed by atoms with van der Waals surface area (Å²) in [5.74, 6) is 0. The van der Waals surface area contributed by atoms with Crippen molar-refractivity contribution in [3.05, 3.63) is 33.9 Å². The summed E-state index contributed by atoms with van der Waals surface area (Å²) in [5.41, 5.74) is 1.22. The highest BCUT2D eigenvalue weighted by Gasteiger charge is 2.07. The second kappa shape index (κ2) is 3.66. The third-order valence-electron chi connectivity index (χ3n) is 1.67. The molecule has 5 nitrogen and oxygen atoms in total. The number of anilines is 1. The zero-order valence-electron chi connectivity index (χ0n) is 7.07. The molecule has 0 saturated heterocycles. The monoisotopic (exact) mass is 179 g/mol. The van der Waals surface area contributed by atoms with E-state index in [0.29, 0.717) is 11.3 Å². The van der Waals surface area contributed by atoms with Crippen LogP contribution in [0.3, 0.4) is 0 Å². The van der Waals surface area contributed by atoms with Crippen LogP contribution >= 0.6 is 0 Å². The molecule has 0 aromatic heterocycles. The van der Waals surface area contributed by atoms with Gasteiger partial charge in [0.2, 0.25) is 0 Å². The number of nitro benzene ring substituents is 1. The van der Waals surface area contributed by atoms with Gasteiger partial charge in [-0.15, -0.1) is 0 Å². The van der Waals surface area contributed by atoms with E-state index in [4.69, 9.17) is 5.41 Å². The second-order valence-corrected chi connectivity index (χ2v) is 2.42. The second-order valence-electron chi connectivity index (χ2n) is 2.42. The number of nitrogens with zero attached hydrogens (tertiary/aromatic N) is 1. The molecule has 0 spiro atoms. The minimum Gasteiger partial charge on any atom is -0.388 e. The number of non-ortho nitro benzene ring substituents is 1. The van der Waals surface area contributed by atoms with E-state index >= 15 is 0 Å². The van der Waals surface area contributed by atoms with Crippen LogP contribution in [0.2, 0.25) is 0 Å². The van der Waals surface area contributed by atoms with Crippen LogP contribution in [0.1, 0.15) is 5.56 Å². The van der Waals surface area contributed by atoms with E-state index in [1.807, 2.05) is 0 Å². The van der Waals surface area contributed by atoms with Crippen LogP contribution in [-0.4, -0.2) is 18.2 Å². The highest BCUT2D eigenvalue weighted by atomic mass is 16.6. The molecule has 1 rings (SSSR count). The third-order valence-corrected chi connectivity index (χ3v) is 1.67. The lowest BCUT2D eigenvalue weighted by atomic mass is 10.1. The number of rotatable bonds is 3. The van der Waals surface area contributed by atoms with Crippen molar-refractivity contribution in [2.75, 3.05) is 12.4 Å². The number of nitro groups is 1. The zero-order valence-corrected chi connectivity index (χ0v) is 7.07. The van der Waals surface area contributed by atoms with E-state index in [2.05, 4.69) is 5.32 Å². The SMILES string of the molecule is CNc1ccc([N+](=O)[O-])cc1C=N. The Morgan fingerprint density at radius 1 is 1.62 bits per heavy atom. The Labute approximate surface area is 75.0 Å². The predicted molar refractivity (Wildman–Crippen MR) is 50.5 cm³/mol. The molecule has 0 aliphatic rings. The van der Waals surface area contributed by atoms with Crippen LogP contribution in [0.5, 0.6) is 0 Å². The molecule has 2 N–H and O–H groups in total. The molecule has 5 heteroatoms. The van der Waals surface area contributed by atoms with Gasteiger partial charge in [-0.1, -0.05) is 0 Å². The Morgan fingerprint density at radius 3 is 2.77 bits per heavy atom. The molecule has 0 heterocycles. The molecule has 0 radical (unpaired) electrons. The van der Waals surface area contributed by atoms with Crippen molar-refractivity contribution < 1.29 is 4.92 Å². The average molecular weight is 179 g/mol. The maximum absolute atomic E-state index is 10.4. The highest BCUT2D eigenvalue weighted by molar-refractivity contribution is 5.86. The van der Waals surface area contributed by atoms with Gasteiger partial charge in [0.15, 0.2) is 0 Å². The summed E-state index contributed by atoms with van der Waals surface area (Å²) in [6.07, 6.45) is 1.08. The van der Waals surface area contributed by atoms with Gasteiger partial charge in [0.05, 0.1) is 4.92 Å². The minimum atomic E-state index is -0.480. The molecule has 13 heavy (non-hydrogen) atoms. The summed E-state index contributed by atoms with van der Waals surface area (Å²) in [7, 11) is 1.70. The van der Waals surface area contributed by atoms with E-state index in [0.717, 1.165) is 6.21 Å². The summed E-state index contributed by atoms with van der Waals surface area (Å²) in [6.45, 7) is 0. The van der Waals surface area contributed by atoms with Crippen molar-refractivity contribution in [2.24, 2.45) is 0 Å². The Balaban J connectivity index is 3.20. The molecule has 1 aromatic rings. The fourth-order valence-electron chi connectivity index (χ4n) is 1.01. The zero-order chi connectivity index (χ0) is 9.84. The third kappa shape index (κ3) is 1.81. The molecule has 0 aliphatic carbocycles. The van der Waals surface area contributed by atoms with Crippen LogP contribution in [0.25, 0.3) is 0 Å². The van der Waals surface area contributed by atoms with E-state index in [-0.39, 0.29) is 5.69 Å².